The van der Waals surface area contributed by atoms with Crippen LogP contribution in [0, 0.1) is 0 Å². The Hall–Kier alpha value is -1.91. The molecule has 0 aliphatic heterocycles. The SMILES string of the molecule is C/C(=C\CS(=O)(=O)c1ccccc1)CCOCc1ccccc1. The van der Waals surface area contributed by atoms with E-state index in [4.69, 9.17) is 4.74 Å². The molecule has 2 aromatic rings. The molecule has 0 saturated heterocycles. The fraction of sp³-hybridized carbons (Fsp3) is 0.263. The summed E-state index contributed by atoms with van der Waals surface area (Å²) in [6.07, 6.45) is 2.51. The predicted molar refractivity (Wildman–Crippen MR) is 93.0 cm³/mol. The van der Waals surface area contributed by atoms with Crippen molar-refractivity contribution in [3.05, 3.63) is 77.9 Å². The van der Waals surface area contributed by atoms with Gasteiger partial charge in [0.25, 0.3) is 0 Å². The lowest BCUT2D eigenvalue weighted by Crippen LogP contribution is -2.05. The number of hydrogen-bond donors (Lipinski definition) is 0. The third-order valence-electron chi connectivity index (χ3n) is 3.51. The van der Waals surface area contributed by atoms with Gasteiger partial charge >= 0.3 is 0 Å². The molecule has 0 spiro atoms. The second-order valence-electron chi connectivity index (χ2n) is 5.43. The second kappa shape index (κ2) is 8.65. The van der Waals surface area contributed by atoms with E-state index < -0.39 is 9.84 Å². The summed E-state index contributed by atoms with van der Waals surface area (Å²) in [5.41, 5.74) is 2.17. The number of hydrogen-bond acceptors (Lipinski definition) is 3. The molecule has 0 aliphatic carbocycles. The highest BCUT2D eigenvalue weighted by Crippen LogP contribution is 2.12. The highest BCUT2D eigenvalue weighted by atomic mass is 32.2. The van der Waals surface area contributed by atoms with Crippen LogP contribution in [-0.2, 0) is 21.2 Å². The molecule has 0 aromatic heterocycles. The molecule has 3 nitrogen and oxygen atoms in total. The smallest absolute Gasteiger partial charge is 0.181 e. The quantitative estimate of drug-likeness (QED) is 0.542. The maximum Gasteiger partial charge on any atom is 0.181 e. The molecular formula is C19H22O3S. The molecular weight excluding hydrogens is 308 g/mol. The van der Waals surface area contributed by atoms with Crippen LogP contribution in [0.25, 0.3) is 0 Å². The molecule has 0 bridgehead atoms. The third-order valence-corrected chi connectivity index (χ3v) is 5.10. The molecule has 0 unspecified atom stereocenters. The Morgan fingerprint density at radius 1 is 1.00 bits per heavy atom. The van der Waals surface area contributed by atoms with Gasteiger partial charge in [-0.15, -0.1) is 0 Å². The second-order valence-corrected chi connectivity index (χ2v) is 7.47. The molecule has 0 atom stereocenters. The lowest BCUT2D eigenvalue weighted by molar-refractivity contribution is 0.124. The minimum Gasteiger partial charge on any atom is -0.376 e. The van der Waals surface area contributed by atoms with E-state index in [1.54, 1.807) is 30.3 Å². The Kier molecular flexibility index (Phi) is 6.56. The molecule has 0 saturated carbocycles. The fourth-order valence-electron chi connectivity index (χ4n) is 2.08. The van der Waals surface area contributed by atoms with Gasteiger partial charge in [0, 0.05) is 0 Å². The van der Waals surface area contributed by atoms with Crippen LogP contribution in [0.15, 0.2) is 77.2 Å². The zero-order valence-electron chi connectivity index (χ0n) is 13.3. The molecule has 0 N–H and O–H groups in total. The Morgan fingerprint density at radius 2 is 1.61 bits per heavy atom. The number of benzene rings is 2. The Labute approximate surface area is 138 Å². The summed E-state index contributed by atoms with van der Waals surface area (Å²) in [7, 11) is -3.25. The molecule has 0 aliphatic rings. The van der Waals surface area contributed by atoms with Crippen molar-refractivity contribution >= 4 is 9.84 Å². The number of ether oxygens (including phenoxy) is 1. The van der Waals surface area contributed by atoms with Crippen molar-refractivity contribution in [2.75, 3.05) is 12.4 Å². The summed E-state index contributed by atoms with van der Waals surface area (Å²) in [6.45, 7) is 3.10. The molecule has 4 heteroatoms. The van der Waals surface area contributed by atoms with E-state index in [2.05, 4.69) is 0 Å². The third kappa shape index (κ3) is 6.00. The molecule has 122 valence electrons. The highest BCUT2D eigenvalue weighted by Gasteiger charge is 2.11. The average Bonchev–Trinajstić information content (AvgIpc) is 2.59. The first-order valence-electron chi connectivity index (χ1n) is 7.63. The molecule has 0 heterocycles. The summed E-state index contributed by atoms with van der Waals surface area (Å²) >= 11 is 0. The molecule has 0 radical (unpaired) electrons. The first kappa shape index (κ1) is 17.4. The maximum atomic E-state index is 12.2. The van der Waals surface area contributed by atoms with E-state index in [1.165, 1.54) is 0 Å². The predicted octanol–water partition coefficient (Wildman–Crippen LogP) is 4.01. The van der Waals surface area contributed by atoms with Crippen LogP contribution >= 0.6 is 0 Å². The summed E-state index contributed by atoms with van der Waals surface area (Å²) in [5, 5.41) is 0. The van der Waals surface area contributed by atoms with Crippen LogP contribution in [0.2, 0.25) is 0 Å². The lowest BCUT2D eigenvalue weighted by Gasteiger charge is -2.06. The minimum atomic E-state index is -3.25. The van der Waals surface area contributed by atoms with Gasteiger partial charge in [-0.1, -0.05) is 60.2 Å². The molecule has 2 aromatic carbocycles. The minimum absolute atomic E-state index is 0.0293. The molecule has 0 fully saturated rings. The van der Waals surface area contributed by atoms with Gasteiger partial charge in [0.2, 0.25) is 0 Å². The van der Waals surface area contributed by atoms with Gasteiger partial charge in [0.05, 0.1) is 23.9 Å². The van der Waals surface area contributed by atoms with E-state index in [0.717, 1.165) is 17.6 Å². The summed E-state index contributed by atoms with van der Waals surface area (Å²) in [4.78, 5) is 0.365. The Bertz CT molecular complexity index is 720. The maximum absolute atomic E-state index is 12.2. The average molecular weight is 330 g/mol. The first-order valence-corrected chi connectivity index (χ1v) is 9.28. The fourth-order valence-corrected chi connectivity index (χ4v) is 3.34. The van der Waals surface area contributed by atoms with Gasteiger partial charge in [0.15, 0.2) is 9.84 Å². The van der Waals surface area contributed by atoms with Crippen molar-refractivity contribution in [2.45, 2.75) is 24.8 Å². The first-order chi connectivity index (χ1) is 11.1. The van der Waals surface area contributed by atoms with E-state index in [0.29, 0.717) is 18.1 Å². The van der Waals surface area contributed by atoms with Gasteiger partial charge in [-0.2, -0.15) is 0 Å². The monoisotopic (exact) mass is 330 g/mol. The van der Waals surface area contributed by atoms with Gasteiger partial charge in [0.1, 0.15) is 0 Å². The Balaban J connectivity index is 1.77. The van der Waals surface area contributed by atoms with Crippen molar-refractivity contribution in [2.24, 2.45) is 0 Å². The van der Waals surface area contributed by atoms with Crippen LogP contribution < -0.4 is 0 Å². The van der Waals surface area contributed by atoms with Gasteiger partial charge in [-0.25, -0.2) is 8.42 Å². The van der Waals surface area contributed by atoms with Crippen molar-refractivity contribution in [3.8, 4) is 0 Å². The standard InChI is InChI=1S/C19H22O3S/c1-17(12-14-22-16-18-8-4-2-5-9-18)13-15-23(20,21)19-10-6-3-7-11-19/h2-11,13H,12,14-16H2,1H3/b17-13+. The van der Waals surface area contributed by atoms with E-state index in [9.17, 15) is 8.42 Å². The van der Waals surface area contributed by atoms with E-state index in [1.807, 2.05) is 43.3 Å². The number of sulfone groups is 1. The summed E-state index contributed by atoms with van der Waals surface area (Å²) in [6, 6.07) is 18.5. The summed E-state index contributed by atoms with van der Waals surface area (Å²) < 4.78 is 30.0. The van der Waals surface area contributed by atoms with Crippen LogP contribution in [0.1, 0.15) is 18.9 Å². The normalized spacial score (nSPS) is 12.3. The van der Waals surface area contributed by atoms with E-state index >= 15 is 0 Å². The van der Waals surface area contributed by atoms with Crippen molar-refractivity contribution in [1.29, 1.82) is 0 Å². The highest BCUT2D eigenvalue weighted by molar-refractivity contribution is 7.91. The number of rotatable bonds is 8. The van der Waals surface area contributed by atoms with Crippen molar-refractivity contribution in [3.63, 3.8) is 0 Å². The van der Waals surface area contributed by atoms with Crippen LogP contribution in [0.3, 0.4) is 0 Å². The van der Waals surface area contributed by atoms with Crippen LogP contribution in [0.5, 0.6) is 0 Å². The van der Waals surface area contributed by atoms with Gasteiger partial charge < -0.3 is 4.74 Å². The van der Waals surface area contributed by atoms with Gasteiger partial charge in [-0.05, 0) is 31.0 Å². The molecule has 23 heavy (non-hydrogen) atoms. The zero-order chi connectivity index (χ0) is 16.5. The summed E-state index contributed by atoms with van der Waals surface area (Å²) in [5.74, 6) is 0.0293. The van der Waals surface area contributed by atoms with Crippen LogP contribution in [0.4, 0.5) is 0 Å². The molecule has 2 rings (SSSR count). The zero-order valence-corrected chi connectivity index (χ0v) is 14.1. The van der Waals surface area contributed by atoms with Crippen molar-refractivity contribution in [1.82, 2.24) is 0 Å². The van der Waals surface area contributed by atoms with Crippen LogP contribution in [-0.4, -0.2) is 20.8 Å². The molecule has 0 amide bonds. The topological polar surface area (TPSA) is 43.4 Å². The van der Waals surface area contributed by atoms with Gasteiger partial charge in [-0.3, -0.25) is 0 Å². The Morgan fingerprint density at radius 3 is 2.26 bits per heavy atom. The largest absolute Gasteiger partial charge is 0.376 e. The van der Waals surface area contributed by atoms with Crippen molar-refractivity contribution < 1.29 is 13.2 Å². The van der Waals surface area contributed by atoms with E-state index in [-0.39, 0.29) is 5.75 Å². The lowest BCUT2D eigenvalue weighted by atomic mass is 10.2.